The number of hydrogen-bond acceptors (Lipinski definition) is 12. The molecule has 3 saturated heterocycles. The van der Waals surface area contributed by atoms with Crippen molar-refractivity contribution in [1.29, 1.82) is 0 Å². The standard InChI is InChI=1S/C22H40O12Si4/c1-9-27-17(23)21(18(24)28-10-2)13-35(5)31-36(6,14-21)34-38(8)16-22(19(25)29-11-3,20(26)30-12-4)15-37(7,32-38)33-35/h9-16H2,1-8H3. The van der Waals surface area contributed by atoms with Crippen LogP contribution in [0, 0.1) is 10.8 Å². The Labute approximate surface area is 227 Å². The first-order valence-corrected chi connectivity index (χ1v) is 23.2. The van der Waals surface area contributed by atoms with Crippen LogP contribution in [0.5, 0.6) is 0 Å². The van der Waals surface area contributed by atoms with Gasteiger partial charge in [-0.25, -0.2) is 0 Å². The van der Waals surface area contributed by atoms with Gasteiger partial charge in [-0.2, -0.15) is 0 Å². The van der Waals surface area contributed by atoms with E-state index in [1.54, 1.807) is 53.9 Å². The van der Waals surface area contributed by atoms with E-state index in [9.17, 15) is 19.2 Å². The van der Waals surface area contributed by atoms with E-state index in [1.165, 1.54) is 0 Å². The number of rotatable bonds is 8. The Morgan fingerprint density at radius 1 is 0.500 bits per heavy atom. The fourth-order valence-corrected chi connectivity index (χ4v) is 32.0. The van der Waals surface area contributed by atoms with E-state index >= 15 is 0 Å². The van der Waals surface area contributed by atoms with Gasteiger partial charge >= 0.3 is 58.1 Å². The summed E-state index contributed by atoms with van der Waals surface area (Å²) in [7, 11) is -13.7. The van der Waals surface area contributed by atoms with Gasteiger partial charge < -0.3 is 35.4 Å². The molecular formula is C22H40O12Si4. The van der Waals surface area contributed by atoms with E-state index in [2.05, 4.69) is 0 Å². The lowest BCUT2D eigenvalue weighted by Gasteiger charge is -2.58. The van der Waals surface area contributed by atoms with Gasteiger partial charge in [-0.1, -0.05) is 0 Å². The molecule has 0 atom stereocenters. The maximum absolute atomic E-state index is 13.4. The van der Waals surface area contributed by atoms with Crippen LogP contribution in [0.3, 0.4) is 0 Å². The highest BCUT2D eigenvalue weighted by Gasteiger charge is 2.73. The zero-order chi connectivity index (χ0) is 28.6. The molecule has 0 spiro atoms. The van der Waals surface area contributed by atoms with Crippen LogP contribution < -0.4 is 0 Å². The largest absolute Gasteiger partial charge is 0.465 e. The van der Waals surface area contributed by atoms with Gasteiger partial charge in [0.05, 0.1) is 26.4 Å². The van der Waals surface area contributed by atoms with Crippen LogP contribution in [0.25, 0.3) is 0 Å². The average Bonchev–Trinajstić information content (AvgIpc) is 2.76. The minimum absolute atomic E-state index is 0.0698. The minimum atomic E-state index is -3.43. The molecule has 0 aromatic rings. The van der Waals surface area contributed by atoms with Crippen LogP contribution in [-0.2, 0) is 54.6 Å². The molecule has 0 radical (unpaired) electrons. The number of hydrogen-bond donors (Lipinski definition) is 0. The number of fused-ring (bicyclic) bond motifs is 4. The molecule has 3 fully saturated rings. The van der Waals surface area contributed by atoms with Crippen molar-refractivity contribution in [3.05, 3.63) is 0 Å². The molecule has 3 heterocycles. The fourth-order valence-electron chi connectivity index (χ4n) is 6.34. The quantitative estimate of drug-likeness (QED) is 0.173. The van der Waals surface area contributed by atoms with Crippen molar-refractivity contribution in [3.63, 3.8) is 0 Å². The summed E-state index contributed by atoms with van der Waals surface area (Å²) in [5, 5.41) is 0. The van der Waals surface area contributed by atoms with E-state index in [1.807, 2.05) is 0 Å². The van der Waals surface area contributed by atoms with Crippen LogP contribution in [0.4, 0.5) is 0 Å². The van der Waals surface area contributed by atoms with Crippen LogP contribution in [0.1, 0.15) is 27.7 Å². The van der Waals surface area contributed by atoms with Crippen molar-refractivity contribution in [2.45, 2.75) is 78.1 Å². The molecule has 0 saturated carbocycles. The van der Waals surface area contributed by atoms with Gasteiger partial charge in [0.2, 0.25) is 0 Å². The summed E-state index contributed by atoms with van der Waals surface area (Å²) in [5.41, 5.74) is -3.29. The first-order valence-electron chi connectivity index (χ1n) is 13.1. The molecule has 0 unspecified atom stereocenters. The molecule has 0 aliphatic carbocycles. The van der Waals surface area contributed by atoms with Crippen molar-refractivity contribution in [1.82, 2.24) is 0 Å². The summed E-state index contributed by atoms with van der Waals surface area (Å²) in [4.78, 5) is 53.6. The fraction of sp³-hybridized carbons (Fsp3) is 0.818. The predicted molar refractivity (Wildman–Crippen MR) is 141 cm³/mol. The van der Waals surface area contributed by atoms with Crippen molar-refractivity contribution in [2.75, 3.05) is 26.4 Å². The van der Waals surface area contributed by atoms with Gasteiger partial charge in [0, 0.05) is 24.2 Å². The molecule has 216 valence electrons. The molecule has 4 bridgehead atoms. The smallest absolute Gasteiger partial charge is 0.323 e. The topological polar surface area (TPSA) is 142 Å². The van der Waals surface area contributed by atoms with Gasteiger partial charge in [-0.15, -0.1) is 0 Å². The first-order chi connectivity index (χ1) is 17.6. The van der Waals surface area contributed by atoms with E-state index in [0.717, 1.165) is 0 Å². The van der Waals surface area contributed by atoms with E-state index in [-0.39, 0.29) is 50.6 Å². The van der Waals surface area contributed by atoms with Crippen LogP contribution in [0.2, 0.25) is 50.4 Å². The Balaban J connectivity index is 2.16. The van der Waals surface area contributed by atoms with Gasteiger partial charge in [0.15, 0.2) is 10.8 Å². The normalized spacial score (nSPS) is 35.2. The highest BCUT2D eigenvalue weighted by atomic mass is 28.5. The zero-order valence-corrected chi connectivity index (χ0v) is 27.6. The number of carbonyl (C=O) groups is 4. The molecule has 12 nitrogen and oxygen atoms in total. The van der Waals surface area contributed by atoms with Crippen molar-refractivity contribution in [2.24, 2.45) is 10.8 Å². The summed E-state index contributed by atoms with van der Waals surface area (Å²) in [6.07, 6.45) is 0. The molecule has 38 heavy (non-hydrogen) atoms. The van der Waals surface area contributed by atoms with E-state index in [4.69, 9.17) is 35.4 Å². The Morgan fingerprint density at radius 2 is 0.684 bits per heavy atom. The third kappa shape index (κ3) is 5.72. The highest BCUT2D eigenvalue weighted by Crippen LogP contribution is 2.55. The van der Waals surface area contributed by atoms with Crippen LogP contribution in [-0.4, -0.2) is 84.5 Å². The van der Waals surface area contributed by atoms with Gasteiger partial charge in [-0.3, -0.25) is 19.2 Å². The van der Waals surface area contributed by atoms with Gasteiger partial charge in [0.25, 0.3) is 0 Å². The second kappa shape index (κ2) is 10.9. The Bertz CT molecular complexity index is 832. The van der Waals surface area contributed by atoms with Gasteiger partial charge in [-0.05, 0) is 53.9 Å². The summed E-state index contributed by atoms with van der Waals surface area (Å²) >= 11 is 0. The van der Waals surface area contributed by atoms with E-state index in [0.29, 0.717) is 0 Å². The lowest BCUT2D eigenvalue weighted by molar-refractivity contribution is -0.171. The molecule has 3 rings (SSSR count). The minimum Gasteiger partial charge on any atom is -0.465 e. The third-order valence-electron chi connectivity index (χ3n) is 6.88. The third-order valence-corrected chi connectivity index (χ3v) is 25.7. The SMILES string of the molecule is CCOC(=O)C1(C(=O)OCC)C[Si]2(C)O[Si](C)(C1)O[Si]1(C)CC(C(=O)OCC)(C(=O)OCC)C[Si](C)(O1)O2. The second-order valence-electron chi connectivity index (χ2n) is 10.7. The molecule has 16 heteroatoms. The maximum atomic E-state index is 13.4. The summed E-state index contributed by atoms with van der Waals surface area (Å²) in [5.74, 6) is -2.76. The molecule has 0 N–H and O–H groups in total. The monoisotopic (exact) mass is 608 g/mol. The van der Waals surface area contributed by atoms with Gasteiger partial charge in [0.1, 0.15) is 0 Å². The number of ether oxygens (including phenoxy) is 4. The van der Waals surface area contributed by atoms with Crippen molar-refractivity contribution >= 4 is 58.1 Å². The molecule has 0 aromatic carbocycles. The Hall–Kier alpha value is -1.41. The van der Waals surface area contributed by atoms with E-state index < -0.39 is 69.0 Å². The second-order valence-corrected chi connectivity index (χ2v) is 24.4. The lowest BCUT2D eigenvalue weighted by Crippen LogP contribution is -2.76. The molecule has 3 aliphatic rings. The highest BCUT2D eigenvalue weighted by molar-refractivity contribution is 6.96. The molecule has 0 amide bonds. The van der Waals surface area contributed by atoms with Crippen molar-refractivity contribution in [3.8, 4) is 0 Å². The van der Waals surface area contributed by atoms with Crippen molar-refractivity contribution < 1.29 is 54.6 Å². The molecule has 3 aliphatic heterocycles. The lowest BCUT2D eigenvalue weighted by atomic mass is 9.93. The summed E-state index contributed by atoms with van der Waals surface area (Å²) in [6.45, 7) is 14.0. The average molecular weight is 609 g/mol. The summed E-state index contributed by atoms with van der Waals surface area (Å²) in [6, 6.07) is -0.279. The van der Waals surface area contributed by atoms with Crippen LogP contribution >= 0.6 is 0 Å². The molecular weight excluding hydrogens is 569 g/mol. The Kier molecular flexibility index (Phi) is 8.90. The van der Waals surface area contributed by atoms with Crippen LogP contribution in [0.15, 0.2) is 0 Å². The Morgan fingerprint density at radius 3 is 0.842 bits per heavy atom. The maximum Gasteiger partial charge on any atom is 0.323 e. The first kappa shape index (κ1) is 31.1. The zero-order valence-electron chi connectivity index (χ0n) is 23.6. The predicted octanol–water partition coefficient (Wildman–Crippen LogP) is 2.61. The summed E-state index contributed by atoms with van der Waals surface area (Å²) < 4.78 is 48.3. The number of carbonyl (C=O) groups excluding carboxylic acids is 4. The number of esters is 4. The molecule has 0 aromatic heterocycles.